The zero-order valence-corrected chi connectivity index (χ0v) is 7.35. The maximum absolute atomic E-state index is 6.54. The van der Waals surface area contributed by atoms with E-state index in [0.29, 0.717) is 4.87 Å². The topological polar surface area (TPSA) is 0 Å². The lowest BCUT2D eigenvalue weighted by atomic mass is 9.67. The summed E-state index contributed by atoms with van der Waals surface area (Å²) in [5.41, 5.74) is 0. The van der Waals surface area contributed by atoms with Gasteiger partial charge in [-0.2, -0.15) is 0 Å². The van der Waals surface area contributed by atoms with Crippen LogP contribution in [0, 0.1) is 29.6 Å². The Morgan fingerprint density at radius 3 is 2.18 bits per heavy atom. The van der Waals surface area contributed by atoms with E-state index in [2.05, 4.69) is 0 Å². The van der Waals surface area contributed by atoms with Crippen molar-refractivity contribution < 1.29 is 0 Å². The van der Waals surface area contributed by atoms with Crippen LogP contribution in [0.25, 0.3) is 0 Å². The molecular weight excluding hydrogens is 156 g/mol. The van der Waals surface area contributed by atoms with Gasteiger partial charge in [-0.05, 0) is 55.3 Å². The second-order valence-electron chi connectivity index (χ2n) is 5.34. The molecule has 6 atom stereocenters. The van der Waals surface area contributed by atoms with Gasteiger partial charge in [-0.15, -0.1) is 11.6 Å². The van der Waals surface area contributed by atoms with Gasteiger partial charge in [0.2, 0.25) is 0 Å². The molecule has 4 bridgehead atoms. The van der Waals surface area contributed by atoms with Gasteiger partial charge in [0.25, 0.3) is 0 Å². The highest BCUT2D eigenvalue weighted by Crippen LogP contribution is 2.76. The predicted octanol–water partition coefficient (Wildman–Crippen LogP) is 2.66. The van der Waals surface area contributed by atoms with Crippen LogP contribution in [0.1, 0.15) is 25.7 Å². The fourth-order valence-corrected chi connectivity index (χ4v) is 5.36. The van der Waals surface area contributed by atoms with Crippen molar-refractivity contribution in [3.8, 4) is 0 Å². The van der Waals surface area contributed by atoms with Crippen molar-refractivity contribution in [2.75, 3.05) is 0 Å². The smallest absolute Gasteiger partial charge is 0.0455 e. The van der Waals surface area contributed by atoms with Gasteiger partial charge in [-0.3, -0.25) is 0 Å². The van der Waals surface area contributed by atoms with E-state index in [9.17, 15) is 0 Å². The monoisotopic (exact) mass is 168 g/mol. The largest absolute Gasteiger partial charge is 0.119 e. The molecule has 5 rings (SSSR count). The van der Waals surface area contributed by atoms with Crippen molar-refractivity contribution in [2.45, 2.75) is 30.6 Å². The highest BCUT2D eigenvalue weighted by Gasteiger charge is 2.71. The molecule has 0 N–H and O–H groups in total. The van der Waals surface area contributed by atoms with Crippen LogP contribution < -0.4 is 0 Å². The number of hydrogen-bond acceptors (Lipinski definition) is 0. The first-order chi connectivity index (χ1) is 5.27. The Balaban J connectivity index is 1.87. The maximum Gasteiger partial charge on any atom is 0.0455 e. The fraction of sp³-hybridized carbons (Fsp3) is 1.00. The standard InChI is InChI=1S/C10H13Cl/c11-10-2-5-1-6(3-10)9-7(4-10)8(5)9/h5-9H,1-4H2/t5-,6+,7?,8?,9?,10?. The highest BCUT2D eigenvalue weighted by molar-refractivity contribution is 6.24. The van der Waals surface area contributed by atoms with E-state index < -0.39 is 0 Å². The lowest BCUT2D eigenvalue weighted by Crippen LogP contribution is -2.39. The number of rotatable bonds is 0. The van der Waals surface area contributed by atoms with Gasteiger partial charge in [-0.1, -0.05) is 0 Å². The molecule has 0 aromatic rings. The van der Waals surface area contributed by atoms with Crippen molar-refractivity contribution >= 4 is 11.6 Å². The molecule has 60 valence electrons. The van der Waals surface area contributed by atoms with Crippen molar-refractivity contribution in [3.05, 3.63) is 0 Å². The zero-order chi connectivity index (χ0) is 7.22. The molecule has 0 aromatic carbocycles. The van der Waals surface area contributed by atoms with E-state index in [-0.39, 0.29) is 0 Å². The van der Waals surface area contributed by atoms with Crippen molar-refractivity contribution in [1.29, 1.82) is 0 Å². The molecule has 0 spiro atoms. The third-order valence-corrected chi connectivity index (χ3v) is 5.31. The van der Waals surface area contributed by atoms with Gasteiger partial charge in [-0.25, -0.2) is 0 Å². The molecule has 5 aliphatic rings. The molecule has 0 amide bonds. The molecule has 0 radical (unpaired) electrons. The molecule has 5 fully saturated rings. The molecule has 4 unspecified atom stereocenters. The van der Waals surface area contributed by atoms with Gasteiger partial charge < -0.3 is 0 Å². The molecule has 0 aliphatic heterocycles. The Morgan fingerprint density at radius 1 is 1.00 bits per heavy atom. The summed E-state index contributed by atoms with van der Waals surface area (Å²) in [7, 11) is 0. The Morgan fingerprint density at radius 2 is 1.64 bits per heavy atom. The molecule has 5 aliphatic carbocycles. The summed E-state index contributed by atoms with van der Waals surface area (Å²) in [6.07, 6.45) is 5.64. The minimum absolute atomic E-state index is 0.293. The molecule has 0 saturated heterocycles. The normalized spacial score (nSPS) is 75.5. The first kappa shape index (κ1) is 5.85. The minimum Gasteiger partial charge on any atom is -0.119 e. The van der Waals surface area contributed by atoms with Crippen LogP contribution >= 0.6 is 11.6 Å². The van der Waals surface area contributed by atoms with E-state index in [0.717, 1.165) is 29.6 Å². The summed E-state index contributed by atoms with van der Waals surface area (Å²) in [5, 5.41) is 0. The number of hydrogen-bond donors (Lipinski definition) is 0. The predicted molar refractivity (Wildman–Crippen MR) is 44.5 cm³/mol. The third-order valence-electron chi connectivity index (χ3n) is 4.84. The van der Waals surface area contributed by atoms with Gasteiger partial charge >= 0.3 is 0 Å². The van der Waals surface area contributed by atoms with Crippen LogP contribution in [-0.2, 0) is 0 Å². The average molecular weight is 169 g/mol. The molecule has 11 heavy (non-hydrogen) atoms. The molecule has 0 heterocycles. The van der Waals surface area contributed by atoms with E-state index in [4.69, 9.17) is 11.6 Å². The molecular formula is C10H13Cl. The van der Waals surface area contributed by atoms with Crippen molar-refractivity contribution in [3.63, 3.8) is 0 Å². The highest BCUT2D eigenvalue weighted by atomic mass is 35.5. The zero-order valence-electron chi connectivity index (χ0n) is 6.59. The van der Waals surface area contributed by atoms with Gasteiger partial charge in [0, 0.05) is 4.87 Å². The van der Waals surface area contributed by atoms with Gasteiger partial charge in [0.15, 0.2) is 0 Å². The van der Waals surface area contributed by atoms with Crippen molar-refractivity contribution in [2.24, 2.45) is 29.6 Å². The summed E-state index contributed by atoms with van der Waals surface area (Å²) < 4.78 is 0. The first-order valence-corrected chi connectivity index (χ1v) is 5.34. The first-order valence-electron chi connectivity index (χ1n) is 4.96. The Labute approximate surface area is 72.3 Å². The van der Waals surface area contributed by atoms with Crippen LogP contribution in [0.2, 0.25) is 0 Å². The Hall–Kier alpha value is 0.290. The third kappa shape index (κ3) is 0.509. The summed E-state index contributed by atoms with van der Waals surface area (Å²) in [6, 6.07) is 0. The minimum atomic E-state index is 0.293. The fourth-order valence-electron chi connectivity index (χ4n) is 4.78. The summed E-state index contributed by atoms with van der Waals surface area (Å²) in [6.45, 7) is 0. The molecule has 5 saturated carbocycles. The Kier molecular flexibility index (Phi) is 0.739. The lowest BCUT2D eigenvalue weighted by molar-refractivity contribution is 0.148. The second kappa shape index (κ2) is 1.39. The lowest BCUT2D eigenvalue weighted by Gasteiger charge is -2.44. The van der Waals surface area contributed by atoms with E-state index in [1.165, 1.54) is 19.3 Å². The van der Waals surface area contributed by atoms with E-state index >= 15 is 0 Å². The number of halogens is 1. The Bertz CT molecular complexity index is 217. The van der Waals surface area contributed by atoms with Crippen LogP contribution in [0.5, 0.6) is 0 Å². The van der Waals surface area contributed by atoms with Crippen molar-refractivity contribution in [1.82, 2.24) is 0 Å². The number of alkyl halides is 1. The van der Waals surface area contributed by atoms with Crippen LogP contribution in [0.15, 0.2) is 0 Å². The molecule has 1 heteroatoms. The SMILES string of the molecule is ClC12CC3C4C3[C@@H](C[C@@H]4C1)C2. The second-order valence-corrected chi connectivity index (χ2v) is 6.14. The summed E-state index contributed by atoms with van der Waals surface area (Å²) >= 11 is 6.54. The maximum atomic E-state index is 6.54. The molecule has 0 nitrogen and oxygen atoms in total. The van der Waals surface area contributed by atoms with Gasteiger partial charge in [0.1, 0.15) is 0 Å². The quantitative estimate of drug-likeness (QED) is 0.488. The van der Waals surface area contributed by atoms with Gasteiger partial charge in [0.05, 0.1) is 0 Å². The average Bonchev–Trinajstić information content (AvgIpc) is 2.51. The van der Waals surface area contributed by atoms with Crippen LogP contribution in [-0.4, -0.2) is 4.87 Å². The van der Waals surface area contributed by atoms with E-state index in [1.807, 2.05) is 0 Å². The molecule has 0 aromatic heterocycles. The summed E-state index contributed by atoms with van der Waals surface area (Å²) in [5.74, 6) is 5.55. The van der Waals surface area contributed by atoms with Crippen LogP contribution in [0.3, 0.4) is 0 Å². The van der Waals surface area contributed by atoms with E-state index in [1.54, 1.807) is 6.42 Å². The van der Waals surface area contributed by atoms with Crippen LogP contribution in [0.4, 0.5) is 0 Å². The summed E-state index contributed by atoms with van der Waals surface area (Å²) in [4.78, 5) is 0.293.